The average molecular weight is 469 g/mol. The molecular weight excluding hydrogens is 444 g/mol. The minimum absolute atomic E-state index is 0.189. The Hall–Kier alpha value is -3.45. The van der Waals surface area contributed by atoms with Crippen molar-refractivity contribution >= 4 is 29.4 Å². The van der Waals surface area contributed by atoms with E-state index in [4.69, 9.17) is 25.8 Å². The largest absolute Gasteiger partial charge is 0.497 e. The highest BCUT2D eigenvalue weighted by Gasteiger charge is 2.52. The van der Waals surface area contributed by atoms with Gasteiger partial charge in [0.15, 0.2) is 0 Å². The average Bonchev–Trinajstić information content (AvgIpc) is 3.37. The second-order valence-electron chi connectivity index (χ2n) is 7.43. The molecule has 0 aromatic heterocycles. The van der Waals surface area contributed by atoms with Gasteiger partial charge in [-0.15, -0.1) is 0 Å². The molecule has 33 heavy (non-hydrogen) atoms. The highest BCUT2D eigenvalue weighted by molar-refractivity contribution is 6.30. The minimum Gasteiger partial charge on any atom is -0.497 e. The lowest BCUT2D eigenvalue weighted by Gasteiger charge is -2.32. The van der Waals surface area contributed by atoms with Crippen molar-refractivity contribution in [1.29, 1.82) is 0 Å². The summed E-state index contributed by atoms with van der Waals surface area (Å²) in [6.07, 6.45) is 2.60. The van der Waals surface area contributed by atoms with Gasteiger partial charge in [-0.05, 0) is 60.4 Å². The van der Waals surface area contributed by atoms with Crippen LogP contribution in [0.15, 0.2) is 66.3 Å². The Morgan fingerprint density at radius 3 is 1.70 bits per heavy atom. The molecule has 4 rings (SSSR count). The number of hydrogen-bond donors (Lipinski definition) is 0. The molecule has 2 atom stereocenters. The van der Waals surface area contributed by atoms with Crippen molar-refractivity contribution in [3.8, 4) is 5.75 Å². The standard InChI is InChI=1S/C25H25ClN2O5/c1-4-32-24(29)27-20-14-15-21(28(27)25(30)33-5-2)23(20)22(16-6-10-18(26)11-7-16)17-8-12-19(31-3)13-9-17/h6-15,20-21H,4-5H2,1-3H3/t20-,21+. The summed E-state index contributed by atoms with van der Waals surface area (Å²) in [5.74, 6) is 0.730. The Bertz CT molecular complexity index is 1060. The van der Waals surface area contributed by atoms with Crippen LogP contribution in [0.5, 0.6) is 5.75 Å². The van der Waals surface area contributed by atoms with E-state index >= 15 is 0 Å². The van der Waals surface area contributed by atoms with E-state index in [1.165, 1.54) is 10.0 Å². The van der Waals surface area contributed by atoms with Crippen molar-refractivity contribution in [2.75, 3.05) is 20.3 Å². The maximum absolute atomic E-state index is 12.9. The van der Waals surface area contributed by atoms with Crippen LogP contribution in [0.4, 0.5) is 9.59 Å². The van der Waals surface area contributed by atoms with Gasteiger partial charge in [-0.1, -0.05) is 48.0 Å². The molecule has 2 bridgehead atoms. The van der Waals surface area contributed by atoms with Crippen molar-refractivity contribution in [3.05, 3.63) is 82.4 Å². The maximum atomic E-state index is 12.9. The molecule has 2 aromatic carbocycles. The number of carbonyl (C=O) groups excluding carboxylic acids is 2. The molecule has 0 spiro atoms. The van der Waals surface area contributed by atoms with Gasteiger partial charge < -0.3 is 14.2 Å². The first-order chi connectivity index (χ1) is 16.0. The first kappa shape index (κ1) is 22.7. The number of methoxy groups -OCH3 is 1. The van der Waals surface area contributed by atoms with E-state index in [1.807, 2.05) is 60.7 Å². The van der Waals surface area contributed by atoms with Crippen LogP contribution in [0.2, 0.25) is 5.02 Å². The van der Waals surface area contributed by atoms with E-state index in [1.54, 1.807) is 21.0 Å². The number of nitrogens with zero attached hydrogens (tertiary/aromatic N) is 2. The first-order valence-corrected chi connectivity index (χ1v) is 11.1. The fourth-order valence-electron chi connectivity index (χ4n) is 4.24. The first-order valence-electron chi connectivity index (χ1n) is 10.7. The predicted octanol–water partition coefficient (Wildman–Crippen LogP) is 5.30. The smallest absolute Gasteiger partial charge is 0.429 e. The third-order valence-electron chi connectivity index (χ3n) is 5.58. The summed E-state index contributed by atoms with van der Waals surface area (Å²) in [4.78, 5) is 25.8. The quantitative estimate of drug-likeness (QED) is 0.557. The highest BCUT2D eigenvalue weighted by Crippen LogP contribution is 2.44. The molecule has 7 nitrogen and oxygen atoms in total. The number of rotatable bonds is 5. The topological polar surface area (TPSA) is 68.3 Å². The monoisotopic (exact) mass is 468 g/mol. The Morgan fingerprint density at radius 1 is 0.818 bits per heavy atom. The van der Waals surface area contributed by atoms with E-state index < -0.39 is 24.3 Å². The normalized spacial score (nSPS) is 20.1. The number of carbonyl (C=O) groups is 2. The Kier molecular flexibility index (Phi) is 6.60. The van der Waals surface area contributed by atoms with Crippen molar-refractivity contribution in [3.63, 3.8) is 0 Å². The molecule has 2 aliphatic rings. The van der Waals surface area contributed by atoms with Crippen molar-refractivity contribution < 1.29 is 23.8 Å². The molecule has 1 aliphatic heterocycles. The third-order valence-corrected chi connectivity index (χ3v) is 5.83. The van der Waals surface area contributed by atoms with Gasteiger partial charge in [0, 0.05) is 5.02 Å². The molecule has 2 amide bonds. The van der Waals surface area contributed by atoms with Crippen LogP contribution in [0, 0.1) is 0 Å². The summed E-state index contributed by atoms with van der Waals surface area (Å²) in [6, 6.07) is 14.2. The molecule has 8 heteroatoms. The zero-order chi connectivity index (χ0) is 23.5. The summed E-state index contributed by atoms with van der Waals surface area (Å²) in [5, 5.41) is 3.29. The summed E-state index contributed by atoms with van der Waals surface area (Å²) in [6.45, 7) is 3.83. The molecule has 0 N–H and O–H groups in total. The number of ether oxygens (including phenoxy) is 3. The van der Waals surface area contributed by atoms with Crippen LogP contribution in [0.3, 0.4) is 0 Å². The molecule has 1 fully saturated rings. The lowest BCUT2D eigenvalue weighted by atomic mass is 9.89. The zero-order valence-corrected chi connectivity index (χ0v) is 19.4. The number of hydrogen-bond acceptors (Lipinski definition) is 5. The van der Waals surface area contributed by atoms with Gasteiger partial charge in [-0.3, -0.25) is 0 Å². The van der Waals surface area contributed by atoms with Gasteiger partial charge in [-0.2, -0.15) is 0 Å². The van der Waals surface area contributed by atoms with E-state index in [2.05, 4.69) is 0 Å². The molecule has 0 saturated carbocycles. The van der Waals surface area contributed by atoms with Gasteiger partial charge >= 0.3 is 12.2 Å². The molecular formula is C25H25ClN2O5. The van der Waals surface area contributed by atoms with Crippen LogP contribution in [0.25, 0.3) is 5.57 Å². The second-order valence-corrected chi connectivity index (χ2v) is 7.86. The fourth-order valence-corrected chi connectivity index (χ4v) is 4.37. The summed E-state index contributed by atoms with van der Waals surface area (Å²) < 4.78 is 15.9. The van der Waals surface area contributed by atoms with E-state index in [9.17, 15) is 9.59 Å². The van der Waals surface area contributed by atoms with Crippen LogP contribution in [-0.4, -0.2) is 54.6 Å². The van der Waals surface area contributed by atoms with Crippen LogP contribution in [-0.2, 0) is 9.47 Å². The van der Waals surface area contributed by atoms with Gasteiger partial charge in [0.1, 0.15) is 5.75 Å². The molecule has 1 heterocycles. The number of amides is 2. The Labute approximate surface area is 197 Å². The van der Waals surface area contributed by atoms with Gasteiger partial charge in [0.2, 0.25) is 0 Å². The molecule has 0 radical (unpaired) electrons. The lowest BCUT2D eigenvalue weighted by molar-refractivity contribution is -0.0130. The fraction of sp³-hybridized carbons (Fsp3) is 0.280. The van der Waals surface area contributed by atoms with Gasteiger partial charge in [0.25, 0.3) is 0 Å². The number of benzene rings is 2. The molecule has 172 valence electrons. The molecule has 1 saturated heterocycles. The number of hydrazine groups is 1. The van der Waals surface area contributed by atoms with Crippen molar-refractivity contribution in [1.82, 2.24) is 10.0 Å². The summed E-state index contributed by atoms with van der Waals surface area (Å²) in [5.41, 5.74) is 3.60. The number of halogens is 1. The third kappa shape index (κ3) is 4.16. The van der Waals surface area contributed by atoms with Crippen LogP contribution < -0.4 is 4.74 Å². The van der Waals surface area contributed by atoms with Crippen molar-refractivity contribution in [2.24, 2.45) is 0 Å². The Morgan fingerprint density at radius 2 is 1.27 bits per heavy atom. The highest BCUT2D eigenvalue weighted by atomic mass is 35.5. The second kappa shape index (κ2) is 9.58. The van der Waals surface area contributed by atoms with E-state index in [-0.39, 0.29) is 13.2 Å². The molecule has 2 aromatic rings. The summed E-state index contributed by atoms with van der Waals surface area (Å²) in [7, 11) is 1.61. The van der Waals surface area contributed by atoms with Crippen molar-refractivity contribution in [2.45, 2.75) is 25.9 Å². The maximum Gasteiger partial charge on any atom is 0.429 e. The van der Waals surface area contributed by atoms with Crippen LogP contribution in [0.1, 0.15) is 25.0 Å². The minimum atomic E-state index is -0.606. The van der Waals surface area contributed by atoms with E-state index in [0.29, 0.717) is 5.02 Å². The predicted molar refractivity (Wildman–Crippen MR) is 125 cm³/mol. The summed E-state index contributed by atoms with van der Waals surface area (Å²) >= 11 is 6.15. The van der Waals surface area contributed by atoms with Crippen LogP contribution >= 0.6 is 11.6 Å². The SMILES string of the molecule is CCOC(=O)N1[C@@H]2C=C[C@@H](C2=C(c2ccc(Cl)cc2)c2ccc(OC)cc2)N1C(=O)OCC. The Balaban J connectivity index is 1.91. The molecule has 0 unspecified atom stereocenters. The van der Waals surface area contributed by atoms with E-state index in [0.717, 1.165) is 28.0 Å². The van der Waals surface area contributed by atoms with Gasteiger partial charge in [0.05, 0.1) is 32.4 Å². The zero-order valence-electron chi connectivity index (χ0n) is 18.7. The molecule has 1 aliphatic carbocycles. The van der Waals surface area contributed by atoms with Gasteiger partial charge in [-0.25, -0.2) is 19.6 Å². The lowest BCUT2D eigenvalue weighted by Crippen LogP contribution is -2.52. The number of fused-ring (bicyclic) bond motifs is 2.